The molecular formula is C14H15ClN4O2. The second-order valence-corrected chi connectivity index (χ2v) is 5.54. The van der Waals surface area contributed by atoms with E-state index in [4.69, 9.17) is 17.3 Å². The summed E-state index contributed by atoms with van der Waals surface area (Å²) in [6.07, 6.45) is 3.35. The van der Waals surface area contributed by atoms with Crippen LogP contribution in [-0.4, -0.2) is 26.1 Å². The summed E-state index contributed by atoms with van der Waals surface area (Å²) in [5.41, 5.74) is 8.19. The first-order valence-electron chi connectivity index (χ1n) is 6.79. The fraction of sp³-hybridized carbons (Fsp3) is 0.357. The van der Waals surface area contributed by atoms with E-state index in [2.05, 4.69) is 10.3 Å². The highest BCUT2D eigenvalue weighted by Gasteiger charge is 2.28. The maximum Gasteiger partial charge on any atom is 0.337 e. The first-order valence-corrected chi connectivity index (χ1v) is 7.17. The summed E-state index contributed by atoms with van der Waals surface area (Å²) in [6, 6.07) is 4.82. The normalized spacial score (nSPS) is 15.0. The van der Waals surface area contributed by atoms with Gasteiger partial charge in [0.05, 0.1) is 22.0 Å². The number of aromatic nitrogens is 3. The van der Waals surface area contributed by atoms with Crippen molar-refractivity contribution in [2.75, 3.05) is 0 Å². The van der Waals surface area contributed by atoms with Gasteiger partial charge in [0, 0.05) is 12.5 Å². The topological polar surface area (TPSA) is 94.0 Å². The molecule has 0 atom stereocenters. The van der Waals surface area contributed by atoms with Crippen LogP contribution in [-0.2, 0) is 6.54 Å². The van der Waals surface area contributed by atoms with Crippen LogP contribution in [0.4, 0.5) is 0 Å². The summed E-state index contributed by atoms with van der Waals surface area (Å²) < 4.78 is 1.69. The van der Waals surface area contributed by atoms with Gasteiger partial charge in [0.25, 0.3) is 0 Å². The molecule has 3 N–H and O–H groups in total. The van der Waals surface area contributed by atoms with Crippen LogP contribution in [0.5, 0.6) is 0 Å². The van der Waals surface area contributed by atoms with Gasteiger partial charge >= 0.3 is 5.97 Å². The second-order valence-electron chi connectivity index (χ2n) is 5.13. The van der Waals surface area contributed by atoms with Crippen molar-refractivity contribution in [3.8, 4) is 5.69 Å². The molecule has 1 saturated carbocycles. The van der Waals surface area contributed by atoms with E-state index in [1.807, 2.05) is 0 Å². The highest BCUT2D eigenvalue weighted by molar-refractivity contribution is 6.33. The molecule has 1 heterocycles. The van der Waals surface area contributed by atoms with Gasteiger partial charge < -0.3 is 10.8 Å². The number of halogens is 1. The van der Waals surface area contributed by atoms with Gasteiger partial charge in [-0.25, -0.2) is 9.48 Å². The Bertz CT molecular complexity index is 694. The van der Waals surface area contributed by atoms with Crippen LogP contribution < -0.4 is 5.73 Å². The van der Waals surface area contributed by atoms with Crippen molar-refractivity contribution in [1.82, 2.24) is 15.0 Å². The Morgan fingerprint density at radius 2 is 2.24 bits per heavy atom. The van der Waals surface area contributed by atoms with Gasteiger partial charge in [-0.1, -0.05) is 23.2 Å². The van der Waals surface area contributed by atoms with E-state index < -0.39 is 5.97 Å². The number of nitrogens with zero attached hydrogens (tertiary/aromatic N) is 3. The zero-order valence-electron chi connectivity index (χ0n) is 11.3. The standard InChI is InChI=1S/C14H15ClN4O2/c15-11-5-4-9(6-10(11)14(20)21)19-13(8-2-1-3-8)12(7-16)17-18-19/h4-6,8H,1-3,7,16H2,(H,20,21). The van der Waals surface area contributed by atoms with Gasteiger partial charge in [-0.3, -0.25) is 0 Å². The minimum absolute atomic E-state index is 0.0542. The summed E-state index contributed by atoms with van der Waals surface area (Å²) in [4.78, 5) is 11.2. The lowest BCUT2D eigenvalue weighted by Gasteiger charge is -2.26. The highest BCUT2D eigenvalue weighted by atomic mass is 35.5. The third kappa shape index (κ3) is 2.41. The van der Waals surface area contributed by atoms with E-state index in [0.717, 1.165) is 24.2 Å². The molecule has 0 amide bonds. The van der Waals surface area contributed by atoms with Gasteiger partial charge in [-0.05, 0) is 31.0 Å². The molecule has 0 aliphatic heterocycles. The molecular weight excluding hydrogens is 292 g/mol. The molecule has 1 aliphatic rings. The molecule has 0 saturated heterocycles. The van der Waals surface area contributed by atoms with Crippen molar-refractivity contribution in [3.63, 3.8) is 0 Å². The first kappa shape index (κ1) is 14.0. The van der Waals surface area contributed by atoms with Crippen LogP contribution in [0.2, 0.25) is 5.02 Å². The number of hydrogen-bond acceptors (Lipinski definition) is 4. The van der Waals surface area contributed by atoms with Gasteiger partial charge in [0.1, 0.15) is 5.69 Å². The first-order chi connectivity index (χ1) is 10.1. The lowest BCUT2D eigenvalue weighted by Crippen LogP contribution is -2.17. The Hall–Kier alpha value is -1.92. The summed E-state index contributed by atoms with van der Waals surface area (Å²) in [7, 11) is 0. The molecule has 0 spiro atoms. The third-order valence-electron chi connectivity index (χ3n) is 3.89. The molecule has 21 heavy (non-hydrogen) atoms. The molecule has 6 nitrogen and oxygen atoms in total. The van der Waals surface area contributed by atoms with Crippen molar-refractivity contribution < 1.29 is 9.90 Å². The SMILES string of the molecule is NCc1nnn(-c2ccc(Cl)c(C(=O)O)c2)c1C1CCC1. The van der Waals surface area contributed by atoms with E-state index in [1.165, 1.54) is 12.5 Å². The number of rotatable bonds is 4. The van der Waals surface area contributed by atoms with Gasteiger partial charge in [0.15, 0.2) is 0 Å². The summed E-state index contributed by atoms with van der Waals surface area (Å²) in [5, 5.41) is 17.6. The average Bonchev–Trinajstić information content (AvgIpc) is 2.81. The number of nitrogens with two attached hydrogens (primary N) is 1. The molecule has 1 aromatic heterocycles. The Balaban J connectivity index is 2.10. The van der Waals surface area contributed by atoms with Crippen LogP contribution in [0, 0.1) is 0 Å². The minimum Gasteiger partial charge on any atom is -0.478 e. The molecule has 2 aromatic rings. The van der Waals surface area contributed by atoms with Gasteiger partial charge in [-0.15, -0.1) is 5.10 Å². The maximum atomic E-state index is 11.2. The molecule has 0 unspecified atom stereocenters. The highest BCUT2D eigenvalue weighted by Crippen LogP contribution is 2.38. The lowest BCUT2D eigenvalue weighted by molar-refractivity contribution is 0.0697. The summed E-state index contributed by atoms with van der Waals surface area (Å²) in [5.74, 6) is -0.672. The molecule has 0 bridgehead atoms. The van der Waals surface area contributed by atoms with Crippen LogP contribution in [0.15, 0.2) is 18.2 Å². The molecule has 110 valence electrons. The van der Waals surface area contributed by atoms with Crippen molar-refractivity contribution in [2.24, 2.45) is 5.73 Å². The molecule has 1 aliphatic carbocycles. The fourth-order valence-electron chi connectivity index (χ4n) is 2.56. The summed E-state index contributed by atoms with van der Waals surface area (Å²) in [6.45, 7) is 0.325. The fourth-order valence-corrected chi connectivity index (χ4v) is 2.75. The zero-order valence-corrected chi connectivity index (χ0v) is 12.0. The van der Waals surface area contributed by atoms with Gasteiger partial charge in [-0.2, -0.15) is 0 Å². The Kier molecular flexibility index (Phi) is 3.65. The predicted octanol–water partition coefficient (Wildman–Crippen LogP) is 2.35. The van der Waals surface area contributed by atoms with E-state index >= 15 is 0 Å². The van der Waals surface area contributed by atoms with Crippen LogP contribution in [0.25, 0.3) is 5.69 Å². The van der Waals surface area contributed by atoms with E-state index in [-0.39, 0.29) is 10.6 Å². The Labute approximate surface area is 126 Å². The number of benzene rings is 1. The molecule has 0 radical (unpaired) electrons. The lowest BCUT2D eigenvalue weighted by atomic mass is 9.82. The largest absolute Gasteiger partial charge is 0.478 e. The zero-order chi connectivity index (χ0) is 15.0. The second kappa shape index (κ2) is 5.46. The maximum absolute atomic E-state index is 11.2. The smallest absolute Gasteiger partial charge is 0.337 e. The number of carboxylic acid groups (broad SMARTS) is 1. The molecule has 1 aromatic carbocycles. The summed E-state index contributed by atoms with van der Waals surface area (Å²) >= 11 is 5.91. The number of carbonyl (C=O) groups is 1. The Morgan fingerprint density at radius 3 is 2.81 bits per heavy atom. The Morgan fingerprint density at radius 1 is 1.48 bits per heavy atom. The van der Waals surface area contributed by atoms with Gasteiger partial charge in [0.2, 0.25) is 0 Å². The third-order valence-corrected chi connectivity index (χ3v) is 4.22. The number of hydrogen-bond donors (Lipinski definition) is 2. The predicted molar refractivity (Wildman–Crippen MR) is 77.8 cm³/mol. The van der Waals surface area contributed by atoms with E-state index in [9.17, 15) is 9.90 Å². The minimum atomic E-state index is -1.06. The monoisotopic (exact) mass is 306 g/mol. The van der Waals surface area contributed by atoms with E-state index in [1.54, 1.807) is 16.8 Å². The number of aromatic carboxylic acids is 1. The van der Waals surface area contributed by atoms with Crippen LogP contribution in [0.1, 0.15) is 46.9 Å². The molecule has 1 fully saturated rings. The van der Waals surface area contributed by atoms with E-state index in [0.29, 0.717) is 18.2 Å². The molecule has 7 heteroatoms. The average molecular weight is 307 g/mol. The quantitative estimate of drug-likeness (QED) is 0.904. The van der Waals surface area contributed by atoms with Crippen molar-refractivity contribution in [2.45, 2.75) is 31.7 Å². The van der Waals surface area contributed by atoms with Crippen LogP contribution >= 0.6 is 11.6 Å². The van der Waals surface area contributed by atoms with Crippen molar-refractivity contribution >= 4 is 17.6 Å². The number of carboxylic acids is 1. The van der Waals surface area contributed by atoms with Crippen LogP contribution in [0.3, 0.4) is 0 Å². The van der Waals surface area contributed by atoms with Crippen molar-refractivity contribution in [1.29, 1.82) is 0 Å². The van der Waals surface area contributed by atoms with Crippen molar-refractivity contribution in [3.05, 3.63) is 40.2 Å². The molecule has 3 rings (SSSR count).